The van der Waals surface area contributed by atoms with Crippen molar-refractivity contribution in [1.29, 1.82) is 0 Å². The molecule has 2 atom stereocenters. The molecule has 2 rings (SSSR count). The predicted molar refractivity (Wildman–Crippen MR) is 70.9 cm³/mol. The third kappa shape index (κ3) is 3.49. The largest absolute Gasteiger partial charge is 0.313 e. The number of hydrogen-bond donors (Lipinski definition) is 1. The van der Waals surface area contributed by atoms with Crippen molar-refractivity contribution in [3.8, 4) is 0 Å². The molecule has 1 aromatic rings. The number of hydrogen-bond acceptors (Lipinski definition) is 3. The Bertz CT molecular complexity index is 302. The monoisotopic (exact) mass is 236 g/mol. The van der Waals surface area contributed by atoms with Gasteiger partial charge in [-0.3, -0.25) is 4.98 Å². The first-order chi connectivity index (χ1) is 7.86. The zero-order chi connectivity index (χ0) is 11.2. The fraction of sp³-hybridized carbons (Fsp3) is 0.615. The van der Waals surface area contributed by atoms with Gasteiger partial charge in [-0.25, -0.2) is 0 Å². The molecule has 1 aliphatic heterocycles. The Morgan fingerprint density at radius 2 is 2.50 bits per heavy atom. The van der Waals surface area contributed by atoms with Crippen LogP contribution in [-0.2, 0) is 6.42 Å². The summed E-state index contributed by atoms with van der Waals surface area (Å²) in [5.41, 5.74) is 1.33. The van der Waals surface area contributed by atoms with Crippen LogP contribution in [0.4, 0.5) is 0 Å². The van der Waals surface area contributed by atoms with Crippen LogP contribution >= 0.6 is 11.8 Å². The summed E-state index contributed by atoms with van der Waals surface area (Å²) >= 11 is 2.10. The lowest BCUT2D eigenvalue weighted by Crippen LogP contribution is -2.40. The maximum absolute atomic E-state index is 4.13. The summed E-state index contributed by atoms with van der Waals surface area (Å²) in [5, 5.41) is 4.44. The first kappa shape index (κ1) is 11.9. The Hall–Kier alpha value is -0.540. The molecular formula is C13H20N2S. The van der Waals surface area contributed by atoms with E-state index >= 15 is 0 Å². The minimum atomic E-state index is 0.704. The molecule has 16 heavy (non-hydrogen) atoms. The van der Waals surface area contributed by atoms with Crippen LogP contribution in [-0.4, -0.2) is 28.6 Å². The van der Waals surface area contributed by atoms with Crippen LogP contribution < -0.4 is 5.32 Å². The van der Waals surface area contributed by atoms with Crippen molar-refractivity contribution in [2.45, 2.75) is 37.5 Å². The predicted octanol–water partition coefficient (Wildman–Crippen LogP) is 2.50. The molecule has 0 aliphatic carbocycles. The molecule has 0 radical (unpaired) electrons. The van der Waals surface area contributed by atoms with E-state index in [1.807, 2.05) is 18.5 Å². The summed E-state index contributed by atoms with van der Waals surface area (Å²) < 4.78 is 0. The Labute approximate surface area is 102 Å². The number of aromatic nitrogens is 1. The van der Waals surface area contributed by atoms with Crippen LogP contribution in [0.25, 0.3) is 0 Å². The highest BCUT2D eigenvalue weighted by Crippen LogP contribution is 2.24. The topological polar surface area (TPSA) is 24.9 Å². The Morgan fingerprint density at radius 1 is 1.56 bits per heavy atom. The zero-order valence-corrected chi connectivity index (χ0v) is 10.7. The normalized spacial score (nSPS) is 25.6. The Balaban J connectivity index is 1.71. The average Bonchev–Trinajstić information content (AvgIpc) is 2.33. The lowest BCUT2D eigenvalue weighted by Gasteiger charge is -2.29. The van der Waals surface area contributed by atoms with Crippen molar-refractivity contribution < 1.29 is 0 Å². The number of nitrogens with zero attached hydrogens (tertiary/aromatic N) is 1. The minimum absolute atomic E-state index is 0.704. The summed E-state index contributed by atoms with van der Waals surface area (Å²) in [7, 11) is 0. The number of rotatable bonds is 4. The summed E-state index contributed by atoms with van der Waals surface area (Å²) in [5.74, 6) is 1.34. The van der Waals surface area contributed by atoms with Crippen LogP contribution in [0.15, 0.2) is 24.5 Å². The van der Waals surface area contributed by atoms with Crippen LogP contribution in [0, 0.1) is 0 Å². The lowest BCUT2D eigenvalue weighted by atomic mass is 10.1. The number of nitrogens with one attached hydrogen (secondary N) is 1. The second kappa shape index (κ2) is 6.26. The quantitative estimate of drug-likeness (QED) is 0.869. The van der Waals surface area contributed by atoms with Crippen molar-refractivity contribution in [2.75, 3.05) is 12.3 Å². The summed E-state index contributed by atoms with van der Waals surface area (Å²) in [6.07, 6.45) is 7.57. The molecule has 88 valence electrons. The standard InChI is InChI=1S/C13H20N2S/c1-11-13(5-3-9-16-11)15-8-6-12-4-2-7-14-10-12/h2,4,7,10-11,13,15H,3,5-6,8-9H2,1H3. The van der Waals surface area contributed by atoms with Crippen LogP contribution in [0.1, 0.15) is 25.3 Å². The van der Waals surface area contributed by atoms with Crippen molar-refractivity contribution in [3.05, 3.63) is 30.1 Å². The van der Waals surface area contributed by atoms with E-state index < -0.39 is 0 Å². The maximum atomic E-state index is 4.13. The molecule has 2 unspecified atom stereocenters. The first-order valence-electron chi connectivity index (χ1n) is 6.10. The van der Waals surface area contributed by atoms with Gasteiger partial charge < -0.3 is 5.32 Å². The molecule has 1 aromatic heterocycles. The molecule has 2 nitrogen and oxygen atoms in total. The molecule has 1 fully saturated rings. The Morgan fingerprint density at radius 3 is 3.25 bits per heavy atom. The third-order valence-electron chi connectivity index (χ3n) is 3.15. The highest BCUT2D eigenvalue weighted by atomic mass is 32.2. The second-order valence-corrected chi connectivity index (χ2v) is 5.88. The smallest absolute Gasteiger partial charge is 0.0300 e. The molecule has 2 heterocycles. The summed E-state index contributed by atoms with van der Waals surface area (Å²) in [4.78, 5) is 4.13. The highest BCUT2D eigenvalue weighted by molar-refractivity contribution is 7.99. The first-order valence-corrected chi connectivity index (χ1v) is 7.15. The molecule has 0 aromatic carbocycles. The van der Waals surface area contributed by atoms with E-state index in [-0.39, 0.29) is 0 Å². The maximum Gasteiger partial charge on any atom is 0.0300 e. The van der Waals surface area contributed by atoms with Crippen LogP contribution in [0.3, 0.4) is 0 Å². The average molecular weight is 236 g/mol. The molecule has 3 heteroatoms. The van der Waals surface area contributed by atoms with Gasteiger partial charge in [0.1, 0.15) is 0 Å². The molecule has 0 amide bonds. The van der Waals surface area contributed by atoms with E-state index in [4.69, 9.17) is 0 Å². The van der Waals surface area contributed by atoms with Gasteiger partial charge in [0, 0.05) is 23.7 Å². The van der Waals surface area contributed by atoms with Crippen molar-refractivity contribution in [1.82, 2.24) is 10.3 Å². The van der Waals surface area contributed by atoms with E-state index in [9.17, 15) is 0 Å². The van der Waals surface area contributed by atoms with E-state index in [0.29, 0.717) is 6.04 Å². The molecule has 1 N–H and O–H groups in total. The Kier molecular flexibility index (Phi) is 4.67. The molecule has 0 spiro atoms. The van der Waals surface area contributed by atoms with Gasteiger partial charge in [-0.2, -0.15) is 11.8 Å². The van der Waals surface area contributed by atoms with Gasteiger partial charge in [0.25, 0.3) is 0 Å². The highest BCUT2D eigenvalue weighted by Gasteiger charge is 2.20. The molecule has 0 saturated carbocycles. The molecular weight excluding hydrogens is 216 g/mol. The third-order valence-corrected chi connectivity index (χ3v) is 4.53. The van der Waals surface area contributed by atoms with Gasteiger partial charge >= 0.3 is 0 Å². The van der Waals surface area contributed by atoms with E-state index in [1.165, 1.54) is 24.2 Å². The van der Waals surface area contributed by atoms with Gasteiger partial charge in [0.15, 0.2) is 0 Å². The van der Waals surface area contributed by atoms with Gasteiger partial charge in [-0.15, -0.1) is 0 Å². The van der Waals surface area contributed by atoms with Gasteiger partial charge in [-0.05, 0) is 43.2 Å². The molecule has 0 bridgehead atoms. The fourth-order valence-electron chi connectivity index (χ4n) is 2.14. The van der Waals surface area contributed by atoms with E-state index in [0.717, 1.165) is 18.2 Å². The summed E-state index contributed by atoms with van der Waals surface area (Å²) in [6.45, 7) is 3.41. The molecule has 1 saturated heterocycles. The van der Waals surface area contributed by atoms with E-state index in [1.54, 1.807) is 0 Å². The van der Waals surface area contributed by atoms with Crippen molar-refractivity contribution in [2.24, 2.45) is 0 Å². The van der Waals surface area contributed by atoms with Crippen LogP contribution in [0.5, 0.6) is 0 Å². The van der Waals surface area contributed by atoms with Gasteiger partial charge in [-0.1, -0.05) is 13.0 Å². The van der Waals surface area contributed by atoms with Gasteiger partial charge in [0.05, 0.1) is 0 Å². The van der Waals surface area contributed by atoms with Gasteiger partial charge in [0.2, 0.25) is 0 Å². The SMILES string of the molecule is CC1SCCCC1NCCc1cccnc1. The second-order valence-electron chi connectivity index (χ2n) is 4.39. The zero-order valence-electron chi connectivity index (χ0n) is 9.86. The van der Waals surface area contributed by atoms with Crippen molar-refractivity contribution >= 4 is 11.8 Å². The van der Waals surface area contributed by atoms with Crippen LogP contribution in [0.2, 0.25) is 0 Å². The number of pyridine rings is 1. The fourth-order valence-corrected chi connectivity index (χ4v) is 3.31. The lowest BCUT2D eigenvalue weighted by molar-refractivity contribution is 0.466. The van der Waals surface area contributed by atoms with Crippen molar-refractivity contribution in [3.63, 3.8) is 0 Å². The molecule has 1 aliphatic rings. The van der Waals surface area contributed by atoms with E-state index in [2.05, 4.69) is 35.1 Å². The minimum Gasteiger partial charge on any atom is -0.313 e. The summed E-state index contributed by atoms with van der Waals surface area (Å²) in [6, 6.07) is 4.86. The number of thioether (sulfide) groups is 1.